The normalized spacial score (nSPS) is 13.2. The van der Waals surface area contributed by atoms with Crippen molar-refractivity contribution in [3.63, 3.8) is 0 Å². The Morgan fingerprint density at radius 1 is 1.35 bits per heavy atom. The van der Waals surface area contributed by atoms with Crippen LogP contribution in [0.4, 0.5) is 0 Å². The van der Waals surface area contributed by atoms with Crippen molar-refractivity contribution in [3.8, 4) is 0 Å². The highest BCUT2D eigenvalue weighted by Crippen LogP contribution is 2.16. The second kappa shape index (κ2) is 8.41. The van der Waals surface area contributed by atoms with Crippen LogP contribution in [-0.4, -0.2) is 34.2 Å². The van der Waals surface area contributed by atoms with Gasteiger partial charge in [-0.25, -0.2) is 0 Å². The van der Waals surface area contributed by atoms with Crippen LogP contribution in [0.15, 0.2) is 12.7 Å². The minimum atomic E-state index is -2.66. The fourth-order valence-electron chi connectivity index (χ4n) is 1.40. The molecule has 0 aromatic carbocycles. The van der Waals surface area contributed by atoms with Crippen molar-refractivity contribution in [1.29, 1.82) is 0 Å². The highest BCUT2D eigenvalue weighted by Gasteiger charge is 2.40. The molecular formula is C11H23NO4Si. The highest BCUT2D eigenvalue weighted by atomic mass is 28.4. The summed E-state index contributed by atoms with van der Waals surface area (Å²) in [6.45, 7) is 11.9. The van der Waals surface area contributed by atoms with Crippen LogP contribution in [-0.2, 0) is 18.1 Å². The Morgan fingerprint density at radius 3 is 2.24 bits per heavy atom. The maximum atomic E-state index is 11.1. The molecule has 0 heterocycles. The fourth-order valence-corrected chi connectivity index (χ4v) is 3.67. The van der Waals surface area contributed by atoms with Gasteiger partial charge in [0, 0.05) is 19.3 Å². The largest absolute Gasteiger partial charge is 0.502 e. The van der Waals surface area contributed by atoms with Crippen molar-refractivity contribution < 1.29 is 18.1 Å². The van der Waals surface area contributed by atoms with Crippen LogP contribution in [0.5, 0.6) is 0 Å². The average molecular weight is 261 g/mol. The van der Waals surface area contributed by atoms with E-state index in [4.69, 9.17) is 13.3 Å². The number of carbonyl (C=O) groups is 1. The molecule has 5 nitrogen and oxygen atoms in total. The van der Waals surface area contributed by atoms with Gasteiger partial charge in [-0.2, -0.15) is 0 Å². The Bertz CT molecular complexity index is 242. The molecule has 17 heavy (non-hydrogen) atoms. The van der Waals surface area contributed by atoms with Gasteiger partial charge >= 0.3 is 8.80 Å². The zero-order valence-corrected chi connectivity index (χ0v) is 12.1. The molecule has 0 saturated heterocycles. The molecule has 1 amide bonds. The van der Waals surface area contributed by atoms with Crippen LogP contribution in [0.2, 0.25) is 6.04 Å². The van der Waals surface area contributed by atoms with Gasteiger partial charge in [-0.3, -0.25) is 4.79 Å². The molecule has 0 fully saturated rings. The molecule has 0 aromatic heterocycles. The molecule has 0 aliphatic heterocycles. The fraction of sp³-hybridized carbons (Fsp3) is 0.727. The number of hydrogen-bond acceptors (Lipinski definition) is 4. The van der Waals surface area contributed by atoms with Gasteiger partial charge in [-0.1, -0.05) is 13.5 Å². The van der Waals surface area contributed by atoms with E-state index in [9.17, 15) is 4.79 Å². The minimum absolute atomic E-state index is 0.274. The summed E-state index contributed by atoms with van der Waals surface area (Å²) in [6.07, 6.45) is 0.751. The molecule has 1 unspecified atom stereocenters. The van der Waals surface area contributed by atoms with E-state index in [-0.39, 0.29) is 5.91 Å². The Kier molecular flexibility index (Phi) is 8.06. The van der Waals surface area contributed by atoms with Crippen molar-refractivity contribution >= 4 is 14.7 Å². The Labute approximate surface area is 105 Å². The average Bonchev–Trinajstić information content (AvgIpc) is 2.29. The van der Waals surface area contributed by atoms with Gasteiger partial charge in [0.2, 0.25) is 5.91 Å². The van der Waals surface area contributed by atoms with Crippen LogP contribution in [0.1, 0.15) is 27.7 Å². The van der Waals surface area contributed by atoms with Crippen molar-refractivity contribution in [2.45, 2.75) is 40.0 Å². The molecule has 6 heteroatoms. The maximum Gasteiger partial charge on any atom is 0.502 e. The highest BCUT2D eigenvalue weighted by molar-refractivity contribution is 6.60. The topological polar surface area (TPSA) is 56.8 Å². The number of amides is 1. The maximum absolute atomic E-state index is 11.1. The second-order valence-corrected chi connectivity index (χ2v) is 6.26. The van der Waals surface area contributed by atoms with Crippen molar-refractivity contribution in [2.75, 3.05) is 13.2 Å². The third-order valence-corrected chi connectivity index (χ3v) is 5.08. The van der Waals surface area contributed by atoms with Gasteiger partial charge in [0.15, 0.2) is 0 Å². The van der Waals surface area contributed by atoms with Gasteiger partial charge < -0.3 is 18.6 Å². The zero-order valence-electron chi connectivity index (χ0n) is 11.1. The van der Waals surface area contributed by atoms with Crippen molar-refractivity contribution in [1.82, 2.24) is 5.32 Å². The van der Waals surface area contributed by atoms with Gasteiger partial charge in [-0.15, -0.1) is 0 Å². The first-order valence-corrected chi connectivity index (χ1v) is 7.85. The molecular weight excluding hydrogens is 238 g/mol. The molecule has 0 radical (unpaired) electrons. The Balaban J connectivity index is 4.49. The van der Waals surface area contributed by atoms with Gasteiger partial charge in [0.1, 0.15) is 6.23 Å². The lowest BCUT2D eigenvalue weighted by Crippen LogP contribution is -2.51. The predicted octanol–water partition coefficient (Wildman–Crippen LogP) is 1.68. The van der Waals surface area contributed by atoms with Crippen molar-refractivity contribution in [2.24, 2.45) is 0 Å². The molecule has 0 aliphatic carbocycles. The summed E-state index contributed by atoms with van der Waals surface area (Å²) in [6, 6.07) is 0.670. The number of hydrogen-bond donors (Lipinski definition) is 1. The van der Waals surface area contributed by atoms with E-state index in [0.717, 1.165) is 0 Å². The molecule has 0 saturated carbocycles. The first kappa shape index (κ1) is 16.3. The molecule has 0 bridgehead atoms. The standard InChI is InChI=1S/C11H23NO4Si/c1-6-11(13)12-10(5)16-17(9-4,14-7-2)15-8-3/h6,10H,1,7-9H2,2-5H3,(H,12,13). The van der Waals surface area contributed by atoms with Gasteiger partial charge in [-0.05, 0) is 26.8 Å². The van der Waals surface area contributed by atoms with E-state index < -0.39 is 15.0 Å². The Morgan fingerprint density at radius 2 is 1.88 bits per heavy atom. The van der Waals surface area contributed by atoms with E-state index in [0.29, 0.717) is 19.3 Å². The first-order chi connectivity index (χ1) is 8.03. The van der Waals surface area contributed by atoms with E-state index in [2.05, 4.69) is 11.9 Å². The lowest BCUT2D eigenvalue weighted by molar-refractivity contribution is -0.119. The summed E-state index contributed by atoms with van der Waals surface area (Å²) in [7, 11) is -2.66. The molecule has 0 aromatic rings. The van der Waals surface area contributed by atoms with E-state index in [1.54, 1.807) is 6.92 Å². The quantitative estimate of drug-likeness (QED) is 0.390. The minimum Gasteiger partial charge on any atom is -0.374 e. The van der Waals surface area contributed by atoms with Gasteiger partial charge in [0.05, 0.1) is 0 Å². The second-order valence-electron chi connectivity index (χ2n) is 3.38. The zero-order chi connectivity index (χ0) is 13.3. The summed E-state index contributed by atoms with van der Waals surface area (Å²) in [4.78, 5) is 11.1. The lowest BCUT2D eigenvalue weighted by Gasteiger charge is -2.30. The number of rotatable bonds is 9. The van der Waals surface area contributed by atoms with Crippen LogP contribution < -0.4 is 5.32 Å². The lowest BCUT2D eigenvalue weighted by atomic mass is 10.5. The first-order valence-electron chi connectivity index (χ1n) is 5.92. The predicted molar refractivity (Wildman–Crippen MR) is 68.4 cm³/mol. The molecule has 0 spiro atoms. The molecule has 100 valence electrons. The van der Waals surface area contributed by atoms with Gasteiger partial charge in [0.25, 0.3) is 0 Å². The third-order valence-electron chi connectivity index (χ3n) is 2.05. The molecule has 0 rings (SSSR count). The van der Waals surface area contributed by atoms with Crippen LogP contribution >= 0.6 is 0 Å². The summed E-state index contributed by atoms with van der Waals surface area (Å²) < 4.78 is 17.0. The van der Waals surface area contributed by atoms with Crippen molar-refractivity contribution in [3.05, 3.63) is 12.7 Å². The summed E-state index contributed by atoms with van der Waals surface area (Å²) >= 11 is 0. The van der Waals surface area contributed by atoms with Crippen LogP contribution in [0.25, 0.3) is 0 Å². The molecule has 1 N–H and O–H groups in total. The van der Waals surface area contributed by atoms with E-state index in [1.807, 2.05) is 20.8 Å². The summed E-state index contributed by atoms with van der Waals surface area (Å²) in [5.74, 6) is -0.274. The monoisotopic (exact) mass is 261 g/mol. The summed E-state index contributed by atoms with van der Waals surface area (Å²) in [5.41, 5.74) is 0. The van der Waals surface area contributed by atoms with E-state index in [1.165, 1.54) is 6.08 Å². The number of carbonyl (C=O) groups excluding carboxylic acids is 1. The Hall–Kier alpha value is -0.693. The molecule has 0 aliphatic rings. The smallest absolute Gasteiger partial charge is 0.374 e. The van der Waals surface area contributed by atoms with Crippen LogP contribution in [0, 0.1) is 0 Å². The summed E-state index contributed by atoms with van der Waals surface area (Å²) in [5, 5.41) is 2.63. The third kappa shape index (κ3) is 5.97. The van der Waals surface area contributed by atoms with Crippen LogP contribution in [0.3, 0.4) is 0 Å². The number of nitrogens with one attached hydrogen (secondary N) is 1. The SMILES string of the molecule is C=CC(=O)NC(C)O[Si](CC)(OCC)OCC. The van der Waals surface area contributed by atoms with E-state index >= 15 is 0 Å². The molecule has 1 atom stereocenters.